The summed E-state index contributed by atoms with van der Waals surface area (Å²) in [6.07, 6.45) is 1.59. The van der Waals surface area contributed by atoms with Crippen LogP contribution in [0.15, 0.2) is 35.2 Å². The summed E-state index contributed by atoms with van der Waals surface area (Å²) in [6.45, 7) is 1.43. The molecule has 0 atom stereocenters. The van der Waals surface area contributed by atoms with Crippen molar-refractivity contribution in [1.82, 2.24) is 4.90 Å². The lowest BCUT2D eigenvalue weighted by atomic mass is 10.2. The van der Waals surface area contributed by atoms with Crippen molar-refractivity contribution in [3.8, 4) is 11.5 Å². The molecule has 0 radical (unpaired) electrons. The highest BCUT2D eigenvalue weighted by atomic mass is 127. The smallest absolute Gasteiger partial charge is 0.294 e. The van der Waals surface area contributed by atoms with Gasteiger partial charge in [-0.1, -0.05) is 17.7 Å². The molecule has 0 spiro atoms. The molecule has 162 valence electrons. The van der Waals surface area contributed by atoms with Crippen molar-refractivity contribution in [2.45, 2.75) is 6.92 Å². The maximum atomic E-state index is 12.7. The molecule has 1 heterocycles. The summed E-state index contributed by atoms with van der Waals surface area (Å²) in [6, 6.07) is 8.61. The Bertz CT molecular complexity index is 1110. The highest BCUT2D eigenvalue weighted by Crippen LogP contribution is 2.37. The number of thioether (sulfide) groups is 1. The number of rotatable bonds is 6. The average molecular weight is 573 g/mol. The van der Waals surface area contributed by atoms with E-state index in [0.29, 0.717) is 27.8 Å². The van der Waals surface area contributed by atoms with Gasteiger partial charge in [0, 0.05) is 10.7 Å². The van der Waals surface area contributed by atoms with Crippen LogP contribution >= 0.6 is 46.0 Å². The lowest BCUT2D eigenvalue weighted by Gasteiger charge is -2.14. The lowest BCUT2D eigenvalue weighted by molar-refractivity contribution is -0.127. The molecule has 0 aromatic heterocycles. The van der Waals surface area contributed by atoms with Crippen LogP contribution in [0.1, 0.15) is 11.1 Å². The Balaban J connectivity index is 1.77. The summed E-state index contributed by atoms with van der Waals surface area (Å²) in [5, 5.41) is 2.65. The second kappa shape index (κ2) is 9.92. The number of ether oxygens (including phenoxy) is 2. The van der Waals surface area contributed by atoms with Crippen LogP contribution in [0.3, 0.4) is 0 Å². The van der Waals surface area contributed by atoms with Crippen LogP contribution in [0, 0.1) is 10.5 Å². The normalized spacial score (nSPS) is 14.9. The zero-order valence-corrected chi connectivity index (χ0v) is 20.6. The van der Waals surface area contributed by atoms with Crippen LogP contribution in [0.25, 0.3) is 6.08 Å². The van der Waals surface area contributed by atoms with Crippen LogP contribution < -0.4 is 14.8 Å². The van der Waals surface area contributed by atoms with Gasteiger partial charge < -0.3 is 14.8 Å². The molecule has 0 aliphatic carbocycles. The molecule has 3 amide bonds. The standard InChI is InChI=1S/C21H18ClIN2O5S/c1-11-4-5-13(22)9-15(11)24-18(26)10-25-20(27)17(31-21(25)28)8-12-6-14(23)19(30-3)16(7-12)29-2/h4-9H,10H2,1-3H3,(H,24,26)/b17-8+. The molecule has 1 aliphatic rings. The Kier molecular flexibility index (Phi) is 7.50. The number of carbonyl (C=O) groups is 3. The van der Waals surface area contributed by atoms with E-state index in [0.717, 1.165) is 25.8 Å². The van der Waals surface area contributed by atoms with E-state index >= 15 is 0 Å². The number of carbonyl (C=O) groups excluding carboxylic acids is 3. The summed E-state index contributed by atoms with van der Waals surface area (Å²) < 4.78 is 11.4. The molecule has 2 aromatic carbocycles. The Morgan fingerprint density at radius 2 is 1.97 bits per heavy atom. The Morgan fingerprint density at radius 3 is 2.65 bits per heavy atom. The van der Waals surface area contributed by atoms with E-state index in [1.165, 1.54) is 7.11 Å². The molecule has 2 aromatic rings. The molecule has 1 N–H and O–H groups in total. The quantitative estimate of drug-likeness (QED) is 0.390. The first-order valence-electron chi connectivity index (χ1n) is 8.96. The van der Waals surface area contributed by atoms with Gasteiger partial charge in [-0.05, 0) is 82.7 Å². The number of methoxy groups -OCH3 is 2. The zero-order valence-electron chi connectivity index (χ0n) is 16.8. The van der Waals surface area contributed by atoms with Crippen LogP contribution in [0.4, 0.5) is 10.5 Å². The van der Waals surface area contributed by atoms with Crippen molar-refractivity contribution >= 4 is 74.8 Å². The first kappa shape index (κ1) is 23.4. The third-order valence-corrected chi connectivity index (χ3v) is 6.35. The topological polar surface area (TPSA) is 84.9 Å². The fraction of sp³-hybridized carbons (Fsp3) is 0.190. The summed E-state index contributed by atoms with van der Waals surface area (Å²) in [5.74, 6) is 0.0739. The zero-order chi connectivity index (χ0) is 22.7. The lowest BCUT2D eigenvalue weighted by Crippen LogP contribution is -2.36. The Hall–Kier alpha value is -2.24. The Labute approximate surface area is 202 Å². The highest BCUT2D eigenvalue weighted by molar-refractivity contribution is 14.1. The van der Waals surface area contributed by atoms with Gasteiger partial charge in [-0.2, -0.15) is 0 Å². The molecule has 1 saturated heterocycles. The number of halogens is 2. The van der Waals surface area contributed by atoms with Gasteiger partial charge in [-0.15, -0.1) is 0 Å². The molecular weight excluding hydrogens is 555 g/mol. The van der Waals surface area contributed by atoms with Crippen molar-refractivity contribution in [1.29, 1.82) is 0 Å². The molecule has 7 nitrogen and oxygen atoms in total. The van der Waals surface area contributed by atoms with E-state index in [-0.39, 0.29) is 4.91 Å². The van der Waals surface area contributed by atoms with Gasteiger partial charge in [-0.3, -0.25) is 19.3 Å². The first-order valence-corrected chi connectivity index (χ1v) is 11.2. The number of aryl methyl sites for hydroxylation is 1. The Morgan fingerprint density at radius 1 is 1.23 bits per heavy atom. The number of hydrogen-bond acceptors (Lipinski definition) is 6. The van der Waals surface area contributed by atoms with Crippen molar-refractivity contribution in [2.24, 2.45) is 0 Å². The molecule has 1 aliphatic heterocycles. The largest absolute Gasteiger partial charge is 0.493 e. The van der Waals surface area contributed by atoms with E-state index < -0.39 is 23.6 Å². The van der Waals surface area contributed by atoms with E-state index in [1.807, 2.05) is 13.0 Å². The van der Waals surface area contributed by atoms with Gasteiger partial charge in [0.05, 0.1) is 22.7 Å². The fourth-order valence-electron chi connectivity index (χ4n) is 2.87. The molecule has 1 fully saturated rings. The van der Waals surface area contributed by atoms with Crippen molar-refractivity contribution < 1.29 is 23.9 Å². The van der Waals surface area contributed by atoms with Gasteiger partial charge >= 0.3 is 0 Å². The van der Waals surface area contributed by atoms with Crippen molar-refractivity contribution in [3.05, 3.63) is 55.0 Å². The van der Waals surface area contributed by atoms with E-state index in [4.69, 9.17) is 21.1 Å². The predicted molar refractivity (Wildman–Crippen MR) is 130 cm³/mol. The van der Waals surface area contributed by atoms with E-state index in [1.54, 1.807) is 37.5 Å². The summed E-state index contributed by atoms with van der Waals surface area (Å²) in [7, 11) is 3.06. The number of nitrogens with zero attached hydrogens (tertiary/aromatic N) is 1. The average Bonchev–Trinajstić information content (AvgIpc) is 2.97. The number of imide groups is 1. The number of anilines is 1. The monoisotopic (exact) mass is 572 g/mol. The fourth-order valence-corrected chi connectivity index (χ4v) is 4.73. The number of benzene rings is 2. The predicted octanol–water partition coefficient (Wildman–Crippen LogP) is 4.95. The number of amides is 3. The third kappa shape index (κ3) is 5.34. The van der Waals surface area contributed by atoms with Crippen LogP contribution in [0.2, 0.25) is 5.02 Å². The van der Waals surface area contributed by atoms with Crippen LogP contribution in [-0.4, -0.2) is 42.7 Å². The second-order valence-electron chi connectivity index (χ2n) is 6.51. The number of hydrogen-bond donors (Lipinski definition) is 1. The molecular formula is C21H18ClIN2O5S. The molecule has 0 unspecified atom stereocenters. The molecule has 3 rings (SSSR count). The van der Waals surface area contributed by atoms with Crippen molar-refractivity contribution in [3.63, 3.8) is 0 Å². The van der Waals surface area contributed by atoms with Crippen molar-refractivity contribution in [2.75, 3.05) is 26.1 Å². The summed E-state index contributed by atoms with van der Waals surface area (Å²) in [4.78, 5) is 38.7. The second-order valence-corrected chi connectivity index (χ2v) is 9.11. The first-order chi connectivity index (χ1) is 14.7. The van der Waals surface area contributed by atoms with E-state index in [2.05, 4.69) is 27.9 Å². The van der Waals surface area contributed by atoms with Gasteiger partial charge in [0.2, 0.25) is 5.91 Å². The molecule has 0 saturated carbocycles. The SMILES string of the molecule is COc1cc(/C=C2/SC(=O)N(CC(=O)Nc3cc(Cl)ccc3C)C2=O)cc(I)c1OC. The number of nitrogens with one attached hydrogen (secondary N) is 1. The summed E-state index contributed by atoms with van der Waals surface area (Å²) >= 11 is 8.85. The van der Waals surface area contributed by atoms with E-state index in [9.17, 15) is 14.4 Å². The van der Waals surface area contributed by atoms with Crippen LogP contribution in [0.5, 0.6) is 11.5 Å². The minimum absolute atomic E-state index is 0.222. The van der Waals surface area contributed by atoms with Gasteiger partial charge in [0.15, 0.2) is 11.5 Å². The maximum Gasteiger partial charge on any atom is 0.294 e. The molecule has 10 heteroatoms. The van der Waals surface area contributed by atoms with Gasteiger partial charge in [0.25, 0.3) is 11.1 Å². The maximum absolute atomic E-state index is 12.7. The third-order valence-electron chi connectivity index (χ3n) is 4.40. The molecule has 0 bridgehead atoms. The van der Waals surface area contributed by atoms with Gasteiger partial charge in [-0.25, -0.2) is 0 Å². The summed E-state index contributed by atoms with van der Waals surface area (Å²) in [5.41, 5.74) is 2.02. The van der Waals surface area contributed by atoms with Crippen LogP contribution in [-0.2, 0) is 9.59 Å². The highest BCUT2D eigenvalue weighted by Gasteiger charge is 2.36. The van der Waals surface area contributed by atoms with Gasteiger partial charge in [0.1, 0.15) is 6.54 Å². The minimum atomic E-state index is -0.530. The minimum Gasteiger partial charge on any atom is -0.493 e. The molecule has 31 heavy (non-hydrogen) atoms.